The Morgan fingerprint density at radius 2 is 1.77 bits per heavy atom. The minimum absolute atomic E-state index is 0.157. The Labute approximate surface area is 125 Å². The first kappa shape index (κ1) is 14.4. The van der Waals surface area contributed by atoms with Gasteiger partial charge >= 0.3 is 0 Å². The van der Waals surface area contributed by atoms with Crippen LogP contribution in [0.15, 0.2) is 47.3 Å². The number of aryl methyl sites for hydroxylation is 1. The second-order valence-corrected chi connectivity index (χ2v) is 5.06. The highest BCUT2D eigenvalue weighted by Gasteiger charge is 2.13. The molecule has 0 aliphatic carbocycles. The molecule has 3 nitrogen and oxygen atoms in total. The zero-order chi connectivity index (χ0) is 15.7. The van der Waals surface area contributed by atoms with E-state index in [2.05, 4.69) is 4.98 Å². The summed E-state index contributed by atoms with van der Waals surface area (Å²) in [5.74, 6) is -0.953. The molecule has 0 bridgehead atoms. The highest BCUT2D eigenvalue weighted by atomic mass is 19.1. The number of fused-ring (bicyclic) bond motifs is 1. The van der Waals surface area contributed by atoms with Gasteiger partial charge in [0.05, 0.1) is 16.6 Å². The van der Waals surface area contributed by atoms with Gasteiger partial charge in [0.1, 0.15) is 17.5 Å². The number of rotatable bonds is 3. The van der Waals surface area contributed by atoms with Gasteiger partial charge in [-0.2, -0.15) is 0 Å². The number of hydrogen-bond acceptors (Lipinski definition) is 2. The van der Waals surface area contributed by atoms with Gasteiger partial charge in [0.15, 0.2) is 0 Å². The van der Waals surface area contributed by atoms with Gasteiger partial charge in [-0.05, 0) is 30.7 Å². The van der Waals surface area contributed by atoms with E-state index in [1.165, 1.54) is 4.57 Å². The van der Waals surface area contributed by atoms with Crippen molar-refractivity contribution in [3.05, 3.63) is 70.3 Å². The van der Waals surface area contributed by atoms with Crippen molar-refractivity contribution in [3.8, 4) is 5.69 Å². The molecule has 0 atom stereocenters. The van der Waals surface area contributed by atoms with Crippen molar-refractivity contribution in [2.45, 2.75) is 19.8 Å². The van der Waals surface area contributed by atoms with Gasteiger partial charge in [-0.3, -0.25) is 9.36 Å². The maximum absolute atomic E-state index is 13.5. The summed E-state index contributed by atoms with van der Waals surface area (Å²) in [4.78, 5) is 17.2. The molecule has 5 heteroatoms. The van der Waals surface area contributed by atoms with Crippen LogP contribution in [0.1, 0.15) is 19.2 Å². The normalized spacial score (nSPS) is 11.0. The second-order valence-electron chi connectivity index (χ2n) is 5.06. The Balaban J connectivity index is 2.37. The number of nitrogens with zero attached hydrogens (tertiary/aromatic N) is 2. The van der Waals surface area contributed by atoms with E-state index in [-0.39, 0.29) is 11.2 Å². The number of benzene rings is 2. The highest BCUT2D eigenvalue weighted by molar-refractivity contribution is 5.77. The van der Waals surface area contributed by atoms with Gasteiger partial charge in [-0.25, -0.2) is 13.8 Å². The maximum Gasteiger partial charge on any atom is 0.265 e. The number of halogens is 2. The lowest BCUT2D eigenvalue weighted by molar-refractivity contribution is 0.580. The molecule has 0 radical (unpaired) electrons. The first-order chi connectivity index (χ1) is 10.6. The fraction of sp³-hybridized carbons (Fsp3) is 0.176. The summed E-state index contributed by atoms with van der Waals surface area (Å²) in [6.07, 6.45) is 1.31. The minimum atomic E-state index is -0.725. The van der Waals surface area contributed by atoms with Crippen LogP contribution in [0.3, 0.4) is 0 Å². The predicted molar refractivity (Wildman–Crippen MR) is 81.3 cm³/mol. The smallest absolute Gasteiger partial charge is 0.265 e. The van der Waals surface area contributed by atoms with Crippen LogP contribution in [0.4, 0.5) is 8.78 Å². The average molecular weight is 300 g/mol. The van der Waals surface area contributed by atoms with Gasteiger partial charge in [0.2, 0.25) is 0 Å². The summed E-state index contributed by atoms with van der Waals surface area (Å²) in [6, 6.07) is 10.0. The SMILES string of the molecule is CCCc1nc2ccccc2c(=O)n1-c1cc(F)cc(F)c1. The molecule has 0 aliphatic heterocycles. The maximum atomic E-state index is 13.5. The third-order valence-corrected chi connectivity index (χ3v) is 3.42. The third kappa shape index (κ3) is 2.50. The molecule has 22 heavy (non-hydrogen) atoms. The Bertz CT molecular complexity index is 883. The number of aromatic nitrogens is 2. The Hall–Kier alpha value is -2.56. The van der Waals surface area contributed by atoms with Crippen molar-refractivity contribution in [1.82, 2.24) is 9.55 Å². The lowest BCUT2D eigenvalue weighted by atomic mass is 10.2. The molecule has 3 aromatic rings. The molecule has 2 aromatic carbocycles. The Kier molecular flexibility index (Phi) is 3.71. The summed E-state index contributed by atoms with van der Waals surface area (Å²) in [5, 5.41) is 0.423. The summed E-state index contributed by atoms with van der Waals surface area (Å²) < 4.78 is 28.3. The molecule has 112 valence electrons. The molecule has 1 aromatic heterocycles. The van der Waals surface area contributed by atoms with Crippen LogP contribution in [0.25, 0.3) is 16.6 Å². The zero-order valence-electron chi connectivity index (χ0n) is 12.0. The fourth-order valence-corrected chi connectivity index (χ4v) is 2.50. The quantitative estimate of drug-likeness (QED) is 0.740. The summed E-state index contributed by atoms with van der Waals surface area (Å²) in [7, 11) is 0. The first-order valence-electron chi connectivity index (χ1n) is 7.07. The monoisotopic (exact) mass is 300 g/mol. The Morgan fingerprint density at radius 1 is 1.09 bits per heavy atom. The van der Waals surface area contributed by atoms with Crippen molar-refractivity contribution >= 4 is 10.9 Å². The van der Waals surface area contributed by atoms with Crippen LogP contribution in [0.2, 0.25) is 0 Å². The molecular formula is C17H14F2N2O. The van der Waals surface area contributed by atoms with Gasteiger partial charge in [-0.15, -0.1) is 0 Å². The summed E-state index contributed by atoms with van der Waals surface area (Å²) in [6.45, 7) is 1.96. The molecule has 0 saturated carbocycles. The third-order valence-electron chi connectivity index (χ3n) is 3.42. The van der Waals surface area contributed by atoms with Crippen molar-refractivity contribution in [1.29, 1.82) is 0 Å². The van der Waals surface area contributed by atoms with E-state index in [4.69, 9.17) is 0 Å². The molecular weight excluding hydrogens is 286 g/mol. The van der Waals surface area contributed by atoms with Crippen LogP contribution in [-0.4, -0.2) is 9.55 Å². The standard InChI is InChI=1S/C17H14F2N2O/c1-2-5-16-20-15-7-4-3-6-14(15)17(22)21(16)13-9-11(18)8-12(19)10-13/h3-4,6-10H,2,5H2,1H3. The molecule has 0 aliphatic rings. The number of hydrogen-bond donors (Lipinski definition) is 0. The molecule has 0 spiro atoms. The van der Waals surface area contributed by atoms with Crippen LogP contribution in [-0.2, 0) is 6.42 Å². The van der Waals surface area contributed by atoms with Crippen molar-refractivity contribution in [3.63, 3.8) is 0 Å². The fourth-order valence-electron chi connectivity index (χ4n) is 2.50. The van der Waals surface area contributed by atoms with Crippen LogP contribution in [0, 0.1) is 11.6 Å². The largest absolute Gasteiger partial charge is 0.268 e. The molecule has 0 fully saturated rings. The van der Waals surface area contributed by atoms with Crippen LogP contribution >= 0.6 is 0 Å². The molecule has 0 saturated heterocycles. The van der Waals surface area contributed by atoms with E-state index in [0.717, 1.165) is 24.6 Å². The lowest BCUT2D eigenvalue weighted by Crippen LogP contribution is -2.24. The number of para-hydroxylation sites is 1. The molecule has 0 unspecified atom stereocenters. The molecule has 0 N–H and O–H groups in total. The second kappa shape index (κ2) is 5.67. The van der Waals surface area contributed by atoms with Crippen molar-refractivity contribution < 1.29 is 8.78 Å². The predicted octanol–water partition coefficient (Wildman–Crippen LogP) is 3.62. The van der Waals surface area contributed by atoms with E-state index in [9.17, 15) is 13.6 Å². The van der Waals surface area contributed by atoms with E-state index >= 15 is 0 Å². The van der Waals surface area contributed by atoms with Gasteiger partial charge in [-0.1, -0.05) is 19.1 Å². The van der Waals surface area contributed by atoms with E-state index in [1.807, 2.05) is 6.92 Å². The lowest BCUT2D eigenvalue weighted by Gasteiger charge is -2.13. The topological polar surface area (TPSA) is 34.9 Å². The molecule has 3 rings (SSSR count). The summed E-state index contributed by atoms with van der Waals surface area (Å²) >= 11 is 0. The zero-order valence-corrected chi connectivity index (χ0v) is 12.0. The Morgan fingerprint density at radius 3 is 2.45 bits per heavy atom. The average Bonchev–Trinajstić information content (AvgIpc) is 2.47. The van der Waals surface area contributed by atoms with Gasteiger partial charge in [0, 0.05) is 12.5 Å². The van der Waals surface area contributed by atoms with E-state index in [0.29, 0.717) is 23.1 Å². The van der Waals surface area contributed by atoms with Crippen molar-refractivity contribution in [2.75, 3.05) is 0 Å². The van der Waals surface area contributed by atoms with E-state index < -0.39 is 11.6 Å². The van der Waals surface area contributed by atoms with Crippen molar-refractivity contribution in [2.24, 2.45) is 0 Å². The van der Waals surface area contributed by atoms with Gasteiger partial charge < -0.3 is 0 Å². The molecule has 1 heterocycles. The van der Waals surface area contributed by atoms with Crippen LogP contribution in [0.5, 0.6) is 0 Å². The minimum Gasteiger partial charge on any atom is -0.268 e. The highest BCUT2D eigenvalue weighted by Crippen LogP contribution is 2.16. The van der Waals surface area contributed by atoms with E-state index in [1.54, 1.807) is 24.3 Å². The first-order valence-corrected chi connectivity index (χ1v) is 7.07. The van der Waals surface area contributed by atoms with Gasteiger partial charge in [0.25, 0.3) is 5.56 Å². The molecule has 0 amide bonds. The summed E-state index contributed by atoms with van der Waals surface area (Å²) in [5.41, 5.74) is 0.423. The van der Waals surface area contributed by atoms with Crippen LogP contribution < -0.4 is 5.56 Å².